The van der Waals surface area contributed by atoms with E-state index in [4.69, 9.17) is 9.47 Å². The van der Waals surface area contributed by atoms with Crippen LogP contribution in [0, 0.1) is 0 Å². The van der Waals surface area contributed by atoms with Crippen LogP contribution in [0.25, 0.3) is 0 Å². The second-order valence-electron chi connectivity index (χ2n) is 6.55. The Kier molecular flexibility index (Phi) is 8.81. The zero-order valence-electron chi connectivity index (χ0n) is 16.9. The number of guanidine groups is 1. The molecule has 8 heteroatoms. The van der Waals surface area contributed by atoms with Crippen molar-refractivity contribution in [1.82, 2.24) is 15.2 Å². The highest BCUT2D eigenvalue weighted by molar-refractivity contribution is 14.0. The van der Waals surface area contributed by atoms with Crippen molar-refractivity contribution in [3.8, 4) is 11.5 Å². The fourth-order valence-corrected chi connectivity index (χ4v) is 4.17. The molecule has 3 rings (SSSR count). The van der Waals surface area contributed by atoms with Crippen LogP contribution in [0.3, 0.4) is 0 Å². The van der Waals surface area contributed by atoms with E-state index in [0.717, 1.165) is 48.4 Å². The number of benzene rings is 1. The molecule has 1 N–H and O–H groups in total. The largest absolute Gasteiger partial charge is 0.497 e. The van der Waals surface area contributed by atoms with Crippen LogP contribution in [0.15, 0.2) is 29.4 Å². The fraction of sp³-hybridized carbons (Fsp3) is 0.500. The van der Waals surface area contributed by atoms with E-state index in [-0.39, 0.29) is 24.0 Å². The lowest BCUT2D eigenvalue weighted by atomic mass is 9.98. The number of ether oxygens (including phenoxy) is 2. The summed E-state index contributed by atoms with van der Waals surface area (Å²) >= 11 is 1.76. The van der Waals surface area contributed by atoms with Crippen molar-refractivity contribution in [2.75, 3.05) is 34.4 Å². The van der Waals surface area contributed by atoms with Gasteiger partial charge in [0, 0.05) is 43.2 Å². The predicted octanol–water partition coefficient (Wildman–Crippen LogP) is 3.91. The Morgan fingerprint density at radius 3 is 2.57 bits per heavy atom. The first-order valence-corrected chi connectivity index (χ1v) is 10.1. The Balaban J connectivity index is 0.00000280. The first kappa shape index (κ1) is 22.7. The zero-order valence-corrected chi connectivity index (χ0v) is 20.0. The number of aryl methyl sites for hydroxylation is 1. The highest BCUT2D eigenvalue weighted by Crippen LogP contribution is 2.32. The van der Waals surface area contributed by atoms with Crippen molar-refractivity contribution in [3.63, 3.8) is 0 Å². The molecule has 1 aromatic carbocycles. The highest BCUT2D eigenvalue weighted by Gasteiger charge is 2.27. The summed E-state index contributed by atoms with van der Waals surface area (Å²) in [6, 6.07) is 6.12. The van der Waals surface area contributed by atoms with Gasteiger partial charge in [0.25, 0.3) is 0 Å². The maximum atomic E-state index is 5.42. The molecule has 1 fully saturated rings. The van der Waals surface area contributed by atoms with Crippen molar-refractivity contribution in [2.24, 2.45) is 4.99 Å². The van der Waals surface area contributed by atoms with Crippen LogP contribution < -0.4 is 14.8 Å². The lowest BCUT2D eigenvalue weighted by Crippen LogP contribution is -2.39. The van der Waals surface area contributed by atoms with Crippen LogP contribution in [0.5, 0.6) is 11.5 Å². The third-order valence-corrected chi connectivity index (χ3v) is 6.03. The normalized spacial score (nSPS) is 16.6. The average molecular weight is 516 g/mol. The lowest BCUT2D eigenvalue weighted by Gasteiger charge is -2.21. The van der Waals surface area contributed by atoms with Crippen molar-refractivity contribution in [3.05, 3.63) is 39.8 Å². The number of rotatable bonds is 6. The van der Waals surface area contributed by atoms with Crippen LogP contribution in [-0.4, -0.2) is 50.2 Å². The number of aromatic nitrogens is 1. The van der Waals surface area contributed by atoms with Gasteiger partial charge in [-0.3, -0.25) is 4.99 Å². The summed E-state index contributed by atoms with van der Waals surface area (Å²) in [6.45, 7) is 4.77. The molecule has 0 amide bonds. The van der Waals surface area contributed by atoms with Gasteiger partial charge in [-0.25, -0.2) is 4.98 Å². The van der Waals surface area contributed by atoms with Crippen molar-refractivity contribution >= 4 is 41.3 Å². The third-order valence-electron chi connectivity index (χ3n) is 4.89. The van der Waals surface area contributed by atoms with Crippen LogP contribution in [-0.2, 0) is 13.0 Å². The smallest absolute Gasteiger partial charge is 0.194 e. The average Bonchev–Trinajstić information content (AvgIpc) is 3.38. The molecular weight excluding hydrogens is 487 g/mol. The summed E-state index contributed by atoms with van der Waals surface area (Å²) in [5.41, 5.74) is 1.25. The third kappa shape index (κ3) is 5.50. The molecule has 2 heterocycles. The second-order valence-corrected chi connectivity index (χ2v) is 7.75. The molecule has 0 aliphatic carbocycles. The van der Waals surface area contributed by atoms with Gasteiger partial charge in [-0.2, -0.15) is 0 Å². The van der Waals surface area contributed by atoms with E-state index in [1.165, 1.54) is 10.4 Å². The van der Waals surface area contributed by atoms with E-state index in [0.29, 0.717) is 12.5 Å². The number of hydrogen-bond donors (Lipinski definition) is 1. The Morgan fingerprint density at radius 2 is 2.00 bits per heavy atom. The van der Waals surface area contributed by atoms with Gasteiger partial charge in [-0.15, -0.1) is 35.3 Å². The van der Waals surface area contributed by atoms with E-state index < -0.39 is 0 Å². The second kappa shape index (κ2) is 10.8. The van der Waals surface area contributed by atoms with E-state index >= 15 is 0 Å². The number of methoxy groups -OCH3 is 2. The summed E-state index contributed by atoms with van der Waals surface area (Å²) in [7, 11) is 5.21. The standard InChI is InChI=1S/C20H28N4O2S.HI/c1-5-18-11-22-19(27-18)12-23-20(21-2)24-7-6-14(13-24)15-8-16(25-3)10-17(9-15)26-4;/h8-11,14H,5-7,12-13H2,1-4H3,(H,21,23);1H. The summed E-state index contributed by atoms with van der Waals surface area (Å²) in [4.78, 5) is 12.6. The molecule has 0 saturated carbocycles. The number of halogens is 1. The van der Waals surface area contributed by atoms with Crippen molar-refractivity contribution in [1.29, 1.82) is 0 Å². The Morgan fingerprint density at radius 1 is 1.29 bits per heavy atom. The lowest BCUT2D eigenvalue weighted by molar-refractivity contribution is 0.392. The maximum Gasteiger partial charge on any atom is 0.194 e. The summed E-state index contributed by atoms with van der Waals surface area (Å²) in [6.07, 6.45) is 4.07. The van der Waals surface area contributed by atoms with Crippen LogP contribution >= 0.6 is 35.3 Å². The van der Waals surface area contributed by atoms with Gasteiger partial charge in [0.15, 0.2) is 5.96 Å². The Hall–Kier alpha value is -1.55. The molecule has 0 bridgehead atoms. The first-order valence-electron chi connectivity index (χ1n) is 9.29. The van der Waals surface area contributed by atoms with Crippen LogP contribution in [0.1, 0.15) is 34.7 Å². The first-order chi connectivity index (χ1) is 13.2. The van der Waals surface area contributed by atoms with E-state index in [2.05, 4.69) is 39.2 Å². The molecule has 1 aromatic heterocycles. The molecular formula is C20H29IN4O2S. The molecule has 1 aliphatic rings. The number of nitrogens with one attached hydrogen (secondary N) is 1. The van der Waals surface area contributed by atoms with Gasteiger partial charge >= 0.3 is 0 Å². The van der Waals surface area contributed by atoms with Gasteiger partial charge in [0.2, 0.25) is 0 Å². The van der Waals surface area contributed by atoms with Crippen molar-refractivity contribution < 1.29 is 9.47 Å². The number of hydrogen-bond acceptors (Lipinski definition) is 5. The summed E-state index contributed by atoms with van der Waals surface area (Å²) in [5.74, 6) is 3.03. The van der Waals surface area contributed by atoms with Gasteiger partial charge in [0.05, 0.1) is 20.8 Å². The van der Waals surface area contributed by atoms with E-state index in [1.54, 1.807) is 25.6 Å². The number of nitrogens with zero attached hydrogens (tertiary/aromatic N) is 3. The van der Waals surface area contributed by atoms with Gasteiger partial charge < -0.3 is 19.7 Å². The van der Waals surface area contributed by atoms with Crippen LogP contribution in [0.4, 0.5) is 0 Å². The van der Waals surface area contributed by atoms with E-state index in [9.17, 15) is 0 Å². The topological polar surface area (TPSA) is 59.0 Å². The van der Waals surface area contributed by atoms with Gasteiger partial charge in [0.1, 0.15) is 16.5 Å². The summed E-state index contributed by atoms with van der Waals surface area (Å²) < 4.78 is 10.8. The Bertz CT molecular complexity index is 774. The van der Waals surface area contributed by atoms with Gasteiger partial charge in [-0.05, 0) is 30.5 Å². The number of aliphatic imine (C=N–C) groups is 1. The molecule has 1 saturated heterocycles. The minimum absolute atomic E-state index is 0. The molecule has 0 spiro atoms. The van der Waals surface area contributed by atoms with Gasteiger partial charge in [-0.1, -0.05) is 6.92 Å². The molecule has 0 radical (unpaired) electrons. The number of likely N-dealkylation sites (tertiary alicyclic amines) is 1. The van der Waals surface area contributed by atoms with Crippen molar-refractivity contribution in [2.45, 2.75) is 32.2 Å². The molecule has 1 atom stereocenters. The molecule has 2 aromatic rings. The highest BCUT2D eigenvalue weighted by atomic mass is 127. The Labute approximate surface area is 188 Å². The minimum Gasteiger partial charge on any atom is -0.497 e. The number of thiazole rings is 1. The fourth-order valence-electron chi connectivity index (χ4n) is 3.37. The maximum absolute atomic E-state index is 5.42. The molecule has 6 nitrogen and oxygen atoms in total. The monoisotopic (exact) mass is 516 g/mol. The van der Waals surface area contributed by atoms with Crippen LogP contribution in [0.2, 0.25) is 0 Å². The quantitative estimate of drug-likeness (QED) is 0.359. The molecule has 28 heavy (non-hydrogen) atoms. The molecule has 1 aliphatic heterocycles. The predicted molar refractivity (Wildman–Crippen MR) is 126 cm³/mol. The SMILES string of the molecule is CCc1cnc(CNC(=NC)N2CCC(c3cc(OC)cc(OC)c3)C2)s1.I. The molecule has 154 valence electrons. The summed E-state index contributed by atoms with van der Waals surface area (Å²) in [5, 5.41) is 4.56. The van der Waals surface area contributed by atoms with E-state index in [1.807, 2.05) is 19.3 Å². The zero-order chi connectivity index (χ0) is 19.2. The minimum atomic E-state index is 0. The molecule has 1 unspecified atom stereocenters.